The van der Waals surface area contributed by atoms with E-state index in [1.54, 1.807) is 11.3 Å². The molecule has 0 amide bonds. The first-order valence-corrected chi connectivity index (χ1v) is 6.45. The molecule has 2 heterocycles. The number of hydrogen-bond acceptors (Lipinski definition) is 5. The monoisotopic (exact) mass is 257 g/mol. The molecular weight excluding hydrogens is 246 g/mol. The fraction of sp³-hybridized carbons (Fsp3) is 0.0769. The zero-order valence-corrected chi connectivity index (χ0v) is 10.4. The van der Waals surface area contributed by atoms with Gasteiger partial charge in [-0.3, -0.25) is 0 Å². The van der Waals surface area contributed by atoms with Gasteiger partial charge in [0.15, 0.2) is 0 Å². The summed E-state index contributed by atoms with van der Waals surface area (Å²) in [5.41, 5.74) is 1.04. The second-order valence-electron chi connectivity index (χ2n) is 3.71. The summed E-state index contributed by atoms with van der Waals surface area (Å²) >= 11 is 1.60. The first-order chi connectivity index (χ1) is 8.92. The van der Waals surface area contributed by atoms with Crippen LogP contribution in [0.15, 0.2) is 52.4 Å². The molecule has 0 saturated carbocycles. The molecule has 0 aliphatic heterocycles. The third kappa shape index (κ3) is 2.41. The summed E-state index contributed by atoms with van der Waals surface area (Å²) in [4.78, 5) is 5.36. The Morgan fingerprint density at radius 1 is 1.11 bits per heavy atom. The van der Waals surface area contributed by atoms with Crippen LogP contribution in [-0.2, 0) is 6.54 Å². The van der Waals surface area contributed by atoms with E-state index in [0.717, 1.165) is 10.6 Å². The molecule has 0 atom stereocenters. The predicted molar refractivity (Wildman–Crippen MR) is 71.4 cm³/mol. The van der Waals surface area contributed by atoms with Gasteiger partial charge in [-0.15, -0.1) is 11.3 Å². The fourth-order valence-corrected chi connectivity index (χ4v) is 2.22. The maximum atomic E-state index is 5.19. The van der Waals surface area contributed by atoms with Gasteiger partial charge in [0, 0.05) is 5.69 Å². The highest BCUT2D eigenvalue weighted by molar-refractivity contribution is 7.13. The number of benzene rings is 1. The Balaban J connectivity index is 1.68. The van der Waals surface area contributed by atoms with Crippen LogP contribution in [0.3, 0.4) is 0 Å². The van der Waals surface area contributed by atoms with Gasteiger partial charge < -0.3 is 9.84 Å². The summed E-state index contributed by atoms with van der Waals surface area (Å²) < 4.78 is 5.19. The fourth-order valence-electron chi connectivity index (χ4n) is 1.57. The molecule has 0 aliphatic rings. The Kier molecular flexibility index (Phi) is 3.06. The van der Waals surface area contributed by atoms with E-state index >= 15 is 0 Å². The van der Waals surface area contributed by atoms with Crippen molar-refractivity contribution in [3.63, 3.8) is 0 Å². The van der Waals surface area contributed by atoms with Gasteiger partial charge in [0.1, 0.15) is 0 Å². The average Bonchev–Trinajstić information content (AvgIpc) is 3.08. The number of anilines is 1. The van der Waals surface area contributed by atoms with Crippen LogP contribution >= 0.6 is 11.3 Å². The summed E-state index contributed by atoms with van der Waals surface area (Å²) in [6, 6.07) is 13.9. The quantitative estimate of drug-likeness (QED) is 0.778. The van der Waals surface area contributed by atoms with E-state index in [-0.39, 0.29) is 0 Å². The van der Waals surface area contributed by atoms with Gasteiger partial charge in [0.25, 0.3) is 0 Å². The summed E-state index contributed by atoms with van der Waals surface area (Å²) in [6.07, 6.45) is 0. The van der Waals surface area contributed by atoms with Crippen LogP contribution in [0.4, 0.5) is 5.69 Å². The molecule has 0 unspecified atom stereocenters. The third-order valence-corrected chi connectivity index (χ3v) is 3.29. The molecule has 0 aliphatic carbocycles. The van der Waals surface area contributed by atoms with Crippen LogP contribution in [0, 0.1) is 0 Å². The van der Waals surface area contributed by atoms with Gasteiger partial charge >= 0.3 is 0 Å². The second-order valence-corrected chi connectivity index (χ2v) is 4.66. The third-order valence-electron chi connectivity index (χ3n) is 2.43. The molecular formula is C13H11N3OS. The topological polar surface area (TPSA) is 51.0 Å². The number of nitrogens with one attached hydrogen (secondary N) is 1. The number of rotatable bonds is 4. The Morgan fingerprint density at radius 3 is 2.78 bits per heavy atom. The number of aromatic nitrogens is 2. The van der Waals surface area contributed by atoms with E-state index in [4.69, 9.17) is 4.52 Å². The van der Waals surface area contributed by atoms with Crippen LogP contribution in [0.5, 0.6) is 0 Å². The van der Waals surface area contributed by atoms with Crippen LogP contribution in [0.2, 0.25) is 0 Å². The van der Waals surface area contributed by atoms with E-state index < -0.39 is 0 Å². The minimum atomic E-state index is 0.530. The van der Waals surface area contributed by atoms with Gasteiger partial charge in [0.2, 0.25) is 11.7 Å². The molecule has 90 valence electrons. The maximum absolute atomic E-state index is 5.19. The highest BCUT2D eigenvalue weighted by Gasteiger charge is 2.08. The molecule has 2 aromatic heterocycles. The molecule has 0 spiro atoms. The number of hydrogen-bond donors (Lipinski definition) is 1. The minimum absolute atomic E-state index is 0.530. The van der Waals surface area contributed by atoms with Crippen molar-refractivity contribution < 1.29 is 4.52 Å². The maximum Gasteiger partial charge on any atom is 0.246 e. The second kappa shape index (κ2) is 5.01. The lowest BCUT2D eigenvalue weighted by atomic mass is 10.3. The molecule has 3 rings (SSSR count). The largest absolute Gasteiger partial charge is 0.376 e. The van der Waals surface area contributed by atoms with Crippen LogP contribution in [0.1, 0.15) is 5.89 Å². The summed E-state index contributed by atoms with van der Waals surface area (Å²) in [7, 11) is 0. The van der Waals surface area contributed by atoms with Crippen molar-refractivity contribution in [3.8, 4) is 10.7 Å². The first-order valence-electron chi connectivity index (χ1n) is 5.57. The molecule has 0 fully saturated rings. The zero-order valence-electron chi connectivity index (χ0n) is 9.54. The standard InChI is InChI=1S/C13H11N3OS/c1-2-5-10(6-3-1)14-9-12-15-13(16-17-12)11-7-4-8-18-11/h1-8,14H,9H2. The number of para-hydroxylation sites is 1. The van der Waals surface area contributed by atoms with Crippen LogP contribution in [0.25, 0.3) is 10.7 Å². The Labute approximate surface area is 108 Å². The van der Waals surface area contributed by atoms with Crippen LogP contribution < -0.4 is 5.32 Å². The Bertz CT molecular complexity index is 604. The van der Waals surface area contributed by atoms with Crippen molar-refractivity contribution in [2.75, 3.05) is 5.32 Å². The van der Waals surface area contributed by atoms with Gasteiger partial charge in [-0.1, -0.05) is 29.4 Å². The molecule has 0 radical (unpaired) electrons. The van der Waals surface area contributed by atoms with Gasteiger partial charge in [-0.25, -0.2) is 0 Å². The smallest absolute Gasteiger partial charge is 0.246 e. The average molecular weight is 257 g/mol. The highest BCUT2D eigenvalue weighted by atomic mass is 32.1. The minimum Gasteiger partial charge on any atom is -0.376 e. The zero-order chi connectivity index (χ0) is 12.2. The lowest BCUT2D eigenvalue weighted by Gasteiger charge is -2.01. The summed E-state index contributed by atoms with van der Waals surface area (Å²) in [5.74, 6) is 1.23. The van der Waals surface area contributed by atoms with E-state index in [1.165, 1.54) is 0 Å². The van der Waals surface area contributed by atoms with Gasteiger partial charge in [0.05, 0.1) is 11.4 Å². The molecule has 0 saturated heterocycles. The molecule has 1 N–H and O–H groups in total. The normalized spacial score (nSPS) is 10.4. The van der Waals surface area contributed by atoms with Crippen molar-refractivity contribution >= 4 is 17.0 Å². The number of thiophene rings is 1. The lowest BCUT2D eigenvalue weighted by molar-refractivity contribution is 0.384. The summed E-state index contributed by atoms with van der Waals surface area (Å²) in [5, 5.41) is 9.18. The van der Waals surface area contributed by atoms with Crippen molar-refractivity contribution in [1.29, 1.82) is 0 Å². The molecule has 1 aromatic carbocycles. The number of nitrogens with zero attached hydrogens (tertiary/aromatic N) is 2. The van der Waals surface area contributed by atoms with E-state index in [1.807, 2.05) is 47.8 Å². The van der Waals surface area contributed by atoms with Crippen LogP contribution in [-0.4, -0.2) is 10.1 Å². The predicted octanol–water partition coefficient (Wildman–Crippen LogP) is 3.41. The van der Waals surface area contributed by atoms with E-state index in [2.05, 4.69) is 15.5 Å². The highest BCUT2D eigenvalue weighted by Crippen LogP contribution is 2.21. The van der Waals surface area contributed by atoms with Crippen molar-refractivity contribution in [3.05, 3.63) is 53.7 Å². The van der Waals surface area contributed by atoms with Crippen molar-refractivity contribution in [2.45, 2.75) is 6.54 Å². The molecule has 5 heteroatoms. The molecule has 4 nitrogen and oxygen atoms in total. The summed E-state index contributed by atoms with van der Waals surface area (Å²) in [6.45, 7) is 0.530. The van der Waals surface area contributed by atoms with Gasteiger partial charge in [-0.05, 0) is 23.6 Å². The van der Waals surface area contributed by atoms with E-state index in [0.29, 0.717) is 18.3 Å². The SMILES string of the molecule is c1ccc(NCc2nc(-c3cccs3)no2)cc1. The first kappa shape index (κ1) is 11.0. The molecule has 18 heavy (non-hydrogen) atoms. The Morgan fingerprint density at radius 2 is 2.00 bits per heavy atom. The Hall–Kier alpha value is -2.14. The van der Waals surface area contributed by atoms with E-state index in [9.17, 15) is 0 Å². The lowest BCUT2D eigenvalue weighted by Crippen LogP contribution is -1.99. The molecule has 0 bridgehead atoms. The van der Waals surface area contributed by atoms with Crippen molar-refractivity contribution in [2.24, 2.45) is 0 Å². The molecule has 3 aromatic rings. The van der Waals surface area contributed by atoms with Gasteiger partial charge in [-0.2, -0.15) is 4.98 Å². The van der Waals surface area contributed by atoms with Crippen molar-refractivity contribution in [1.82, 2.24) is 10.1 Å².